The lowest BCUT2D eigenvalue weighted by molar-refractivity contribution is -0.142. The molecule has 1 atom stereocenters. The van der Waals surface area contributed by atoms with E-state index in [-0.39, 0.29) is 22.7 Å². The molecule has 2 aromatic carbocycles. The van der Waals surface area contributed by atoms with Gasteiger partial charge in [-0.3, -0.25) is 4.79 Å². The Hall–Kier alpha value is -3.17. The fourth-order valence-electron chi connectivity index (χ4n) is 3.79. The van der Waals surface area contributed by atoms with Crippen molar-refractivity contribution in [3.8, 4) is 0 Å². The highest BCUT2D eigenvalue weighted by atomic mass is 35.5. The number of benzene rings is 2. The monoisotopic (exact) mass is 487 g/mol. The van der Waals surface area contributed by atoms with Gasteiger partial charge in [-0.15, -0.1) is 0 Å². The minimum atomic E-state index is -3.09. The molecule has 33 heavy (non-hydrogen) atoms. The number of nitrogens with one attached hydrogen (secondary N) is 1. The zero-order chi connectivity index (χ0) is 23.6. The summed E-state index contributed by atoms with van der Waals surface area (Å²) in [5.41, 5.74) is 1.69. The van der Waals surface area contributed by atoms with E-state index in [1.807, 2.05) is 36.4 Å². The van der Waals surface area contributed by atoms with Gasteiger partial charge in [0.1, 0.15) is 5.15 Å². The summed E-state index contributed by atoms with van der Waals surface area (Å²) >= 11 is 6.39. The number of ether oxygens (including phenoxy) is 1. The Morgan fingerprint density at radius 2 is 2.00 bits per heavy atom. The molecule has 0 aliphatic carbocycles. The molecule has 1 unspecified atom stereocenters. The van der Waals surface area contributed by atoms with Crippen LogP contribution in [0.25, 0.3) is 16.8 Å². The second-order valence-corrected chi connectivity index (χ2v) is 10.4. The predicted octanol–water partition coefficient (Wildman–Crippen LogP) is 3.55. The van der Waals surface area contributed by atoms with Crippen molar-refractivity contribution in [1.82, 2.24) is 9.78 Å². The number of aryl methyl sites for hydroxylation is 1. The van der Waals surface area contributed by atoms with E-state index in [4.69, 9.17) is 16.3 Å². The summed E-state index contributed by atoms with van der Waals surface area (Å²) in [5.74, 6) is -1.08. The summed E-state index contributed by atoms with van der Waals surface area (Å²) < 4.78 is 30.0. The zero-order valence-electron chi connectivity index (χ0n) is 17.8. The summed E-state index contributed by atoms with van der Waals surface area (Å²) in [6.45, 7) is 1.27. The lowest BCUT2D eigenvalue weighted by atomic mass is 10.1. The summed E-state index contributed by atoms with van der Waals surface area (Å²) in [4.78, 5) is 24.4. The van der Waals surface area contributed by atoms with Gasteiger partial charge in [0.05, 0.1) is 23.2 Å². The summed E-state index contributed by atoms with van der Waals surface area (Å²) in [6, 6.07) is 12.9. The van der Waals surface area contributed by atoms with E-state index in [2.05, 4.69) is 10.4 Å². The van der Waals surface area contributed by atoms with Crippen molar-refractivity contribution >= 4 is 55.9 Å². The molecular formula is C23H22ClN3O5S. The standard InChI is InChI=1S/C23H22ClN3O5S/c1-15-18(23(24)27(26-15)17-11-12-33(30,31)14-17)9-10-22(29)32-13-21(28)25-20-8-4-6-16-5-2-3-7-19(16)20/h2-10,17H,11-14H2,1H3,(H,25,28). The van der Waals surface area contributed by atoms with E-state index in [9.17, 15) is 18.0 Å². The molecule has 4 rings (SSSR count). The number of aromatic nitrogens is 2. The third-order valence-corrected chi connectivity index (χ3v) is 7.55. The molecule has 1 amide bonds. The van der Waals surface area contributed by atoms with Crippen molar-refractivity contribution in [2.45, 2.75) is 19.4 Å². The van der Waals surface area contributed by atoms with E-state index in [1.165, 1.54) is 10.8 Å². The first-order valence-corrected chi connectivity index (χ1v) is 12.5. The van der Waals surface area contributed by atoms with Gasteiger partial charge in [-0.05, 0) is 30.9 Å². The summed E-state index contributed by atoms with van der Waals surface area (Å²) in [5, 5.41) is 9.21. The number of carbonyl (C=O) groups excluding carboxylic acids is 2. The van der Waals surface area contributed by atoms with Gasteiger partial charge in [0.2, 0.25) is 0 Å². The molecule has 1 aliphatic heterocycles. The summed E-state index contributed by atoms with van der Waals surface area (Å²) in [7, 11) is -3.09. The molecule has 1 saturated heterocycles. The number of fused-ring (bicyclic) bond motifs is 1. The maximum absolute atomic E-state index is 12.2. The molecule has 10 heteroatoms. The highest BCUT2D eigenvalue weighted by Gasteiger charge is 2.31. The molecule has 0 bridgehead atoms. The lowest BCUT2D eigenvalue weighted by Crippen LogP contribution is -2.20. The first-order chi connectivity index (χ1) is 15.7. The van der Waals surface area contributed by atoms with Crippen LogP contribution in [0.3, 0.4) is 0 Å². The van der Waals surface area contributed by atoms with Crippen LogP contribution in [0.1, 0.15) is 23.7 Å². The fourth-order valence-corrected chi connectivity index (χ4v) is 5.86. The fraction of sp³-hybridized carbons (Fsp3) is 0.261. The van der Waals surface area contributed by atoms with E-state index in [1.54, 1.807) is 13.0 Å². The van der Waals surface area contributed by atoms with Gasteiger partial charge in [0.25, 0.3) is 5.91 Å². The maximum atomic E-state index is 12.2. The van der Waals surface area contributed by atoms with Gasteiger partial charge >= 0.3 is 5.97 Å². The Balaban J connectivity index is 1.36. The first kappa shape index (κ1) is 23.0. The smallest absolute Gasteiger partial charge is 0.331 e. The second kappa shape index (κ2) is 9.36. The van der Waals surface area contributed by atoms with Gasteiger partial charge < -0.3 is 10.1 Å². The Morgan fingerprint density at radius 3 is 2.76 bits per heavy atom. The lowest BCUT2D eigenvalue weighted by Gasteiger charge is -2.09. The van der Waals surface area contributed by atoms with Crippen molar-refractivity contribution in [2.24, 2.45) is 0 Å². The van der Waals surface area contributed by atoms with E-state index in [0.29, 0.717) is 23.4 Å². The van der Waals surface area contributed by atoms with Gasteiger partial charge in [-0.1, -0.05) is 48.0 Å². The van der Waals surface area contributed by atoms with Crippen LogP contribution in [0.2, 0.25) is 5.15 Å². The molecule has 1 aromatic heterocycles. The van der Waals surface area contributed by atoms with Crippen molar-refractivity contribution < 1.29 is 22.7 Å². The quantitative estimate of drug-likeness (QED) is 0.421. The minimum absolute atomic E-state index is 0.00908. The van der Waals surface area contributed by atoms with Crippen LogP contribution >= 0.6 is 11.6 Å². The normalized spacial score (nSPS) is 17.5. The second-order valence-electron chi connectivity index (χ2n) is 7.81. The number of hydrogen-bond acceptors (Lipinski definition) is 6. The molecule has 1 aliphatic rings. The SMILES string of the molecule is Cc1nn(C2CCS(=O)(=O)C2)c(Cl)c1C=CC(=O)OCC(=O)Nc1cccc2ccccc12. The number of rotatable bonds is 6. The average Bonchev–Trinajstić information content (AvgIpc) is 3.29. The van der Waals surface area contributed by atoms with Gasteiger partial charge in [0, 0.05) is 22.7 Å². The highest BCUT2D eigenvalue weighted by molar-refractivity contribution is 7.91. The van der Waals surface area contributed by atoms with Crippen LogP contribution in [0.5, 0.6) is 0 Å². The predicted molar refractivity (Wildman–Crippen MR) is 127 cm³/mol. The average molecular weight is 488 g/mol. The van der Waals surface area contributed by atoms with Crippen LogP contribution in [0.4, 0.5) is 5.69 Å². The maximum Gasteiger partial charge on any atom is 0.331 e. The third-order valence-electron chi connectivity index (χ3n) is 5.42. The molecular weight excluding hydrogens is 466 g/mol. The molecule has 0 spiro atoms. The number of halogens is 1. The molecule has 0 radical (unpaired) electrons. The van der Waals surface area contributed by atoms with Crippen molar-refractivity contribution in [1.29, 1.82) is 0 Å². The van der Waals surface area contributed by atoms with Gasteiger partial charge in [-0.2, -0.15) is 5.10 Å². The molecule has 1 fully saturated rings. The minimum Gasteiger partial charge on any atom is -0.452 e. The van der Waals surface area contributed by atoms with Gasteiger partial charge in [-0.25, -0.2) is 17.9 Å². The Kier molecular flexibility index (Phi) is 6.53. The summed E-state index contributed by atoms with van der Waals surface area (Å²) in [6.07, 6.45) is 3.06. The van der Waals surface area contributed by atoms with Crippen LogP contribution in [0.15, 0.2) is 48.5 Å². The molecule has 0 saturated carbocycles. The number of amides is 1. The van der Waals surface area contributed by atoms with Crippen LogP contribution in [0, 0.1) is 6.92 Å². The Labute approximate surface area is 196 Å². The Bertz CT molecular complexity index is 1360. The molecule has 8 nitrogen and oxygen atoms in total. The first-order valence-electron chi connectivity index (χ1n) is 10.3. The van der Waals surface area contributed by atoms with Crippen LogP contribution < -0.4 is 5.32 Å². The molecule has 2 heterocycles. The van der Waals surface area contributed by atoms with Crippen molar-refractivity contribution in [2.75, 3.05) is 23.4 Å². The van der Waals surface area contributed by atoms with E-state index < -0.39 is 28.3 Å². The molecule has 172 valence electrons. The number of hydrogen-bond donors (Lipinski definition) is 1. The van der Waals surface area contributed by atoms with Crippen LogP contribution in [-0.4, -0.2) is 48.2 Å². The molecule has 3 aromatic rings. The number of carbonyl (C=O) groups is 2. The third kappa shape index (κ3) is 5.26. The number of nitrogens with zero attached hydrogens (tertiary/aromatic N) is 2. The Morgan fingerprint density at radius 1 is 1.24 bits per heavy atom. The topological polar surface area (TPSA) is 107 Å². The van der Waals surface area contributed by atoms with Crippen LogP contribution in [-0.2, 0) is 24.2 Å². The number of anilines is 1. The number of sulfone groups is 1. The van der Waals surface area contributed by atoms with Gasteiger partial charge in [0.15, 0.2) is 16.4 Å². The largest absolute Gasteiger partial charge is 0.452 e. The molecule has 1 N–H and O–H groups in total. The highest BCUT2D eigenvalue weighted by Crippen LogP contribution is 2.30. The van der Waals surface area contributed by atoms with Crippen molar-refractivity contribution in [3.05, 3.63) is 65.0 Å². The van der Waals surface area contributed by atoms with E-state index >= 15 is 0 Å². The number of esters is 1. The van der Waals surface area contributed by atoms with Crippen molar-refractivity contribution in [3.63, 3.8) is 0 Å². The zero-order valence-corrected chi connectivity index (χ0v) is 19.4. The van der Waals surface area contributed by atoms with E-state index in [0.717, 1.165) is 16.8 Å².